The van der Waals surface area contributed by atoms with Crippen LogP contribution in [0.5, 0.6) is 0 Å². The number of allylic oxidation sites excluding steroid dienone is 1. The number of nitrogens with zero attached hydrogens (tertiary/aromatic N) is 1. The van der Waals surface area contributed by atoms with Crippen LogP contribution in [0.3, 0.4) is 0 Å². The highest BCUT2D eigenvalue weighted by atomic mass is 16.5. The van der Waals surface area contributed by atoms with E-state index in [1.54, 1.807) is 0 Å². The molecule has 0 spiro atoms. The van der Waals surface area contributed by atoms with E-state index in [4.69, 9.17) is 4.74 Å². The second-order valence-electron chi connectivity index (χ2n) is 4.92. The average molecular weight is 241 g/mol. The first-order chi connectivity index (χ1) is 8.26. The zero-order valence-corrected chi connectivity index (χ0v) is 11.1. The average Bonchev–Trinajstić information content (AvgIpc) is 2.35. The predicted octanol–water partition coefficient (Wildman–Crippen LogP) is 2.06. The number of likely N-dealkylation sites (tertiary alicyclic amines) is 1. The highest BCUT2D eigenvalue weighted by Crippen LogP contribution is 2.18. The first-order valence-electron chi connectivity index (χ1n) is 6.85. The molecule has 0 bridgehead atoms. The number of ether oxygens (including phenoxy) is 1. The third kappa shape index (κ3) is 6.20. The fourth-order valence-electron chi connectivity index (χ4n) is 2.32. The summed E-state index contributed by atoms with van der Waals surface area (Å²) >= 11 is 0. The number of hydrogen-bond donors (Lipinski definition) is 1. The van der Waals surface area contributed by atoms with E-state index in [9.17, 15) is 5.11 Å². The minimum atomic E-state index is -0.198. The molecule has 1 heterocycles. The van der Waals surface area contributed by atoms with Crippen molar-refractivity contribution >= 4 is 0 Å². The fraction of sp³-hybridized carbons (Fsp3) is 0.857. The summed E-state index contributed by atoms with van der Waals surface area (Å²) in [6.45, 7) is 10.5. The highest BCUT2D eigenvalue weighted by molar-refractivity contribution is 4.76. The molecule has 3 heteroatoms. The van der Waals surface area contributed by atoms with Gasteiger partial charge in [0.2, 0.25) is 0 Å². The Labute approximate surface area is 105 Å². The van der Waals surface area contributed by atoms with E-state index in [-0.39, 0.29) is 6.10 Å². The zero-order valence-electron chi connectivity index (χ0n) is 11.1. The van der Waals surface area contributed by atoms with E-state index in [1.807, 2.05) is 13.0 Å². The van der Waals surface area contributed by atoms with Crippen molar-refractivity contribution in [1.29, 1.82) is 0 Å². The lowest BCUT2D eigenvalue weighted by Gasteiger charge is -2.32. The van der Waals surface area contributed by atoms with Crippen molar-refractivity contribution < 1.29 is 9.84 Å². The standard InChI is InChI=1S/C14H27NO2/c1-3-5-6-14(16)11-15-9-7-13(8-10-15)12-17-4-2/h3,13-14,16H,1,4-12H2,2H3. The molecule has 0 aromatic heterocycles. The van der Waals surface area contributed by atoms with Gasteiger partial charge in [0.05, 0.1) is 6.10 Å². The molecule has 1 fully saturated rings. The van der Waals surface area contributed by atoms with Crippen molar-refractivity contribution in [3.63, 3.8) is 0 Å². The van der Waals surface area contributed by atoms with Crippen LogP contribution in [0.2, 0.25) is 0 Å². The summed E-state index contributed by atoms with van der Waals surface area (Å²) in [4.78, 5) is 2.37. The number of piperidine rings is 1. The van der Waals surface area contributed by atoms with Gasteiger partial charge in [-0.15, -0.1) is 6.58 Å². The maximum atomic E-state index is 9.83. The number of aliphatic hydroxyl groups excluding tert-OH is 1. The second kappa shape index (κ2) is 8.67. The maximum Gasteiger partial charge on any atom is 0.0670 e. The monoisotopic (exact) mass is 241 g/mol. The molecule has 1 N–H and O–H groups in total. The van der Waals surface area contributed by atoms with Gasteiger partial charge in [-0.2, -0.15) is 0 Å². The van der Waals surface area contributed by atoms with Crippen LogP contribution in [0, 0.1) is 5.92 Å². The largest absolute Gasteiger partial charge is 0.392 e. The quantitative estimate of drug-likeness (QED) is 0.660. The van der Waals surface area contributed by atoms with Crippen LogP contribution in [-0.4, -0.2) is 49.0 Å². The lowest BCUT2D eigenvalue weighted by atomic mass is 9.97. The van der Waals surface area contributed by atoms with Gasteiger partial charge in [-0.05, 0) is 51.6 Å². The SMILES string of the molecule is C=CCCC(O)CN1CCC(COCC)CC1. The lowest BCUT2D eigenvalue weighted by molar-refractivity contribution is 0.0519. The first kappa shape index (κ1) is 14.7. The molecule has 0 radical (unpaired) electrons. The molecule has 1 atom stereocenters. The van der Waals surface area contributed by atoms with Crippen LogP contribution in [0.1, 0.15) is 32.6 Å². The Kier molecular flexibility index (Phi) is 7.49. The molecular weight excluding hydrogens is 214 g/mol. The molecule has 0 aliphatic carbocycles. The molecule has 0 amide bonds. The maximum absolute atomic E-state index is 9.83. The van der Waals surface area contributed by atoms with Gasteiger partial charge in [0.25, 0.3) is 0 Å². The van der Waals surface area contributed by atoms with Gasteiger partial charge in [-0.1, -0.05) is 6.08 Å². The molecule has 1 rings (SSSR count). The van der Waals surface area contributed by atoms with Crippen molar-refractivity contribution in [1.82, 2.24) is 4.90 Å². The molecule has 17 heavy (non-hydrogen) atoms. The van der Waals surface area contributed by atoms with Crippen LogP contribution in [0.15, 0.2) is 12.7 Å². The molecule has 1 aliphatic heterocycles. The van der Waals surface area contributed by atoms with Crippen molar-refractivity contribution in [2.75, 3.05) is 32.8 Å². The molecule has 0 aromatic carbocycles. The van der Waals surface area contributed by atoms with Crippen LogP contribution >= 0.6 is 0 Å². The summed E-state index contributed by atoms with van der Waals surface area (Å²) in [5, 5.41) is 9.83. The molecule has 100 valence electrons. The van der Waals surface area contributed by atoms with Gasteiger partial charge in [0, 0.05) is 19.8 Å². The van der Waals surface area contributed by atoms with Crippen molar-refractivity contribution in [3.8, 4) is 0 Å². The van der Waals surface area contributed by atoms with E-state index < -0.39 is 0 Å². The number of β-amino-alcohol motifs (C(OH)–C–C–N with tert-alkyl or cyclic N) is 1. The first-order valence-corrected chi connectivity index (χ1v) is 6.85. The van der Waals surface area contributed by atoms with E-state index in [2.05, 4.69) is 11.5 Å². The number of aliphatic hydroxyl groups is 1. The third-order valence-electron chi connectivity index (χ3n) is 3.44. The normalized spacial score (nSPS) is 20.4. The van der Waals surface area contributed by atoms with Crippen LogP contribution < -0.4 is 0 Å². The van der Waals surface area contributed by atoms with Crippen LogP contribution in [-0.2, 0) is 4.74 Å². The van der Waals surface area contributed by atoms with Crippen molar-refractivity contribution in [2.45, 2.75) is 38.7 Å². The summed E-state index contributed by atoms with van der Waals surface area (Å²) in [5.74, 6) is 0.719. The van der Waals surface area contributed by atoms with Gasteiger partial charge in [0.15, 0.2) is 0 Å². The predicted molar refractivity (Wildman–Crippen MR) is 71.1 cm³/mol. The molecule has 0 aromatic rings. The second-order valence-corrected chi connectivity index (χ2v) is 4.92. The Morgan fingerprint density at radius 1 is 1.47 bits per heavy atom. The van der Waals surface area contributed by atoms with E-state index >= 15 is 0 Å². The number of rotatable bonds is 8. The van der Waals surface area contributed by atoms with Crippen LogP contribution in [0.25, 0.3) is 0 Å². The zero-order chi connectivity index (χ0) is 12.5. The molecule has 1 saturated heterocycles. The van der Waals surface area contributed by atoms with Gasteiger partial charge in [0.1, 0.15) is 0 Å². The summed E-state index contributed by atoms with van der Waals surface area (Å²) in [5.41, 5.74) is 0. The Balaban J connectivity index is 2.11. The molecule has 3 nitrogen and oxygen atoms in total. The number of hydrogen-bond acceptors (Lipinski definition) is 3. The Hall–Kier alpha value is -0.380. The molecule has 1 unspecified atom stereocenters. The van der Waals surface area contributed by atoms with Gasteiger partial charge < -0.3 is 14.7 Å². The van der Waals surface area contributed by atoms with Gasteiger partial charge in [-0.25, -0.2) is 0 Å². The molecular formula is C14H27NO2. The minimum absolute atomic E-state index is 0.198. The lowest BCUT2D eigenvalue weighted by Crippen LogP contribution is -2.39. The van der Waals surface area contributed by atoms with E-state index in [0.717, 1.165) is 51.6 Å². The highest BCUT2D eigenvalue weighted by Gasteiger charge is 2.20. The smallest absolute Gasteiger partial charge is 0.0670 e. The molecule has 0 saturated carbocycles. The Morgan fingerprint density at radius 2 is 2.18 bits per heavy atom. The Bertz CT molecular complexity index is 200. The fourth-order valence-corrected chi connectivity index (χ4v) is 2.32. The summed E-state index contributed by atoms with van der Waals surface area (Å²) in [6, 6.07) is 0. The van der Waals surface area contributed by atoms with E-state index in [0.29, 0.717) is 0 Å². The van der Waals surface area contributed by atoms with Gasteiger partial charge >= 0.3 is 0 Å². The Morgan fingerprint density at radius 3 is 2.76 bits per heavy atom. The van der Waals surface area contributed by atoms with Gasteiger partial charge in [-0.3, -0.25) is 0 Å². The summed E-state index contributed by atoms with van der Waals surface area (Å²) in [6.07, 6.45) is 5.82. The van der Waals surface area contributed by atoms with Crippen molar-refractivity contribution in [2.24, 2.45) is 5.92 Å². The summed E-state index contributed by atoms with van der Waals surface area (Å²) in [7, 11) is 0. The van der Waals surface area contributed by atoms with Crippen LogP contribution in [0.4, 0.5) is 0 Å². The topological polar surface area (TPSA) is 32.7 Å². The molecule has 1 aliphatic rings. The van der Waals surface area contributed by atoms with E-state index in [1.165, 1.54) is 12.8 Å². The third-order valence-corrected chi connectivity index (χ3v) is 3.44. The summed E-state index contributed by atoms with van der Waals surface area (Å²) < 4.78 is 5.46. The minimum Gasteiger partial charge on any atom is -0.392 e. The van der Waals surface area contributed by atoms with Crippen molar-refractivity contribution in [3.05, 3.63) is 12.7 Å².